The smallest absolute Gasteiger partial charge is 0.438 e. The van der Waals surface area contributed by atoms with E-state index in [0.717, 1.165) is 20.4 Å². The molecule has 0 radical (unpaired) electrons. The van der Waals surface area contributed by atoms with Crippen molar-refractivity contribution in [1.29, 1.82) is 0 Å². The first kappa shape index (κ1) is 18.4. The molecule has 116 valence electrons. The number of methoxy groups -OCH3 is 2. The zero-order chi connectivity index (χ0) is 15.5. The van der Waals surface area contributed by atoms with Crippen LogP contribution in [0.3, 0.4) is 0 Å². The highest BCUT2D eigenvalue weighted by atomic mass is 79.9. The lowest BCUT2D eigenvalue weighted by atomic mass is 10.2. The monoisotopic (exact) mass is 359 g/mol. The predicted octanol–water partition coefficient (Wildman–Crippen LogP) is 1.65. The Balaban J connectivity index is 4.68. The average molecular weight is 360 g/mol. The summed E-state index contributed by atoms with van der Waals surface area (Å²) in [7, 11) is 3.42. The Morgan fingerprint density at radius 2 is 1.85 bits per heavy atom. The molecule has 0 unspecified atom stereocenters. The van der Waals surface area contributed by atoms with Crippen molar-refractivity contribution in [1.82, 2.24) is 0 Å². The maximum Gasteiger partial charge on any atom is 0.508 e. The summed E-state index contributed by atoms with van der Waals surface area (Å²) >= 11 is 3.04. The third kappa shape index (κ3) is 7.12. The van der Waals surface area contributed by atoms with Gasteiger partial charge in [-0.25, -0.2) is 14.0 Å². The molecule has 0 saturated carbocycles. The molecular formula is C10H15BrFNO7. The molecule has 20 heavy (non-hydrogen) atoms. The van der Waals surface area contributed by atoms with Crippen molar-refractivity contribution < 1.29 is 37.8 Å². The van der Waals surface area contributed by atoms with Crippen LogP contribution in [0, 0.1) is 0 Å². The van der Waals surface area contributed by atoms with Gasteiger partial charge in [-0.1, -0.05) is 21.1 Å². The minimum absolute atomic E-state index is 0.296. The molecule has 0 bridgehead atoms. The van der Waals surface area contributed by atoms with Crippen LogP contribution in [0.15, 0.2) is 5.16 Å². The average Bonchev–Trinajstić information content (AvgIpc) is 2.46. The number of carbonyl (C=O) groups excluding carboxylic acids is 2. The maximum atomic E-state index is 13.8. The van der Waals surface area contributed by atoms with Crippen LogP contribution in [0.25, 0.3) is 0 Å². The Hall–Kier alpha value is -1.58. The van der Waals surface area contributed by atoms with E-state index in [2.05, 4.69) is 40.1 Å². The third-order valence-corrected chi connectivity index (χ3v) is 2.69. The molecule has 0 fully saturated rings. The van der Waals surface area contributed by atoms with E-state index in [9.17, 15) is 14.0 Å². The number of ether oxygens (including phenoxy) is 4. The number of hydrogen-bond acceptors (Lipinski definition) is 8. The van der Waals surface area contributed by atoms with Crippen molar-refractivity contribution >= 4 is 34.5 Å². The van der Waals surface area contributed by atoms with Crippen LogP contribution in [0.4, 0.5) is 14.0 Å². The molecule has 0 aromatic rings. The van der Waals surface area contributed by atoms with Crippen LogP contribution in [0.1, 0.15) is 0 Å². The minimum atomic E-state index is -1.81. The largest absolute Gasteiger partial charge is 0.508 e. The van der Waals surface area contributed by atoms with Gasteiger partial charge in [-0.2, -0.15) is 0 Å². The number of carbonyl (C=O) groups is 2. The highest BCUT2D eigenvalue weighted by molar-refractivity contribution is 9.09. The second-order valence-electron chi connectivity index (χ2n) is 3.20. The van der Waals surface area contributed by atoms with Gasteiger partial charge < -0.3 is 23.8 Å². The summed E-state index contributed by atoms with van der Waals surface area (Å²) in [6, 6.07) is 0. The molecule has 0 aromatic carbocycles. The Morgan fingerprint density at radius 3 is 2.35 bits per heavy atom. The molecule has 0 aliphatic rings. The van der Waals surface area contributed by atoms with Crippen LogP contribution < -0.4 is 0 Å². The summed E-state index contributed by atoms with van der Waals surface area (Å²) in [4.78, 5) is 25.4. The molecule has 0 rings (SSSR count). The van der Waals surface area contributed by atoms with Gasteiger partial charge in [0, 0.05) is 0 Å². The summed E-state index contributed by atoms with van der Waals surface area (Å²) < 4.78 is 31.7. The first-order valence-corrected chi connectivity index (χ1v) is 6.17. The number of alkyl halides is 2. The fourth-order valence-corrected chi connectivity index (χ4v) is 1.53. The Bertz CT molecular complexity index is 342. The Labute approximate surface area is 123 Å². The number of halogens is 2. The normalized spacial score (nSPS) is 15.1. The molecule has 0 saturated heterocycles. The number of nitrogens with zero attached hydrogens (tertiary/aromatic N) is 1. The number of hydrogen-bond donors (Lipinski definition) is 0. The molecule has 0 heterocycles. The molecule has 10 heteroatoms. The molecule has 0 amide bonds. The van der Waals surface area contributed by atoms with Gasteiger partial charge in [-0.05, 0) is 0 Å². The summed E-state index contributed by atoms with van der Waals surface area (Å²) in [6.45, 7) is -0.296. The quantitative estimate of drug-likeness (QED) is 0.295. The highest BCUT2D eigenvalue weighted by Gasteiger charge is 2.32. The molecule has 8 nitrogen and oxygen atoms in total. The van der Waals surface area contributed by atoms with Crippen molar-refractivity contribution in [2.24, 2.45) is 5.16 Å². The summed E-state index contributed by atoms with van der Waals surface area (Å²) in [6.07, 6.45) is -4.40. The topological polar surface area (TPSA) is 92.7 Å². The van der Waals surface area contributed by atoms with Gasteiger partial charge in [0.25, 0.3) is 0 Å². The number of oxime groups is 1. The highest BCUT2D eigenvalue weighted by Crippen LogP contribution is 2.17. The summed E-state index contributed by atoms with van der Waals surface area (Å²) in [5, 5.41) is 3.23. The molecular weight excluding hydrogens is 345 g/mol. The van der Waals surface area contributed by atoms with Gasteiger partial charge in [0.15, 0.2) is 12.3 Å². The molecule has 0 aliphatic heterocycles. The first-order chi connectivity index (χ1) is 9.46. The van der Waals surface area contributed by atoms with Gasteiger partial charge in [0.05, 0.1) is 25.3 Å². The summed E-state index contributed by atoms with van der Waals surface area (Å²) in [5.41, 5.74) is 0. The van der Waals surface area contributed by atoms with E-state index in [0.29, 0.717) is 0 Å². The predicted molar refractivity (Wildman–Crippen MR) is 68.7 cm³/mol. The second kappa shape index (κ2) is 10.2. The van der Waals surface area contributed by atoms with Crippen LogP contribution >= 0.6 is 15.9 Å². The van der Waals surface area contributed by atoms with Crippen LogP contribution in [0.2, 0.25) is 0 Å². The SMILES string of the molecule is CON=C[C@@H](F)[C@H](OC(=O)OC)[C@@H](Br)COC(=O)OC. The maximum absolute atomic E-state index is 13.8. The minimum Gasteiger partial charge on any atom is -0.438 e. The first-order valence-electron chi connectivity index (χ1n) is 5.26. The van der Waals surface area contributed by atoms with E-state index >= 15 is 0 Å². The summed E-state index contributed by atoms with van der Waals surface area (Å²) in [5.74, 6) is 0. The van der Waals surface area contributed by atoms with Gasteiger partial charge >= 0.3 is 12.3 Å². The van der Waals surface area contributed by atoms with E-state index in [1.165, 1.54) is 7.11 Å². The zero-order valence-corrected chi connectivity index (χ0v) is 12.7. The zero-order valence-electron chi connectivity index (χ0n) is 11.1. The van der Waals surface area contributed by atoms with E-state index in [-0.39, 0.29) is 6.61 Å². The van der Waals surface area contributed by atoms with Crippen molar-refractivity contribution in [3.05, 3.63) is 0 Å². The number of rotatable bonds is 7. The van der Waals surface area contributed by atoms with Crippen LogP contribution in [-0.4, -0.2) is 63.6 Å². The standard InChI is InChI=1S/C10H15BrFNO7/c1-16-9(14)19-5-6(11)8(20-10(15)17-2)7(12)4-13-18-3/h4,6-8H,5H2,1-3H3/t6-,7+,8+/m0/s1. The van der Waals surface area contributed by atoms with Crippen molar-refractivity contribution in [3.8, 4) is 0 Å². The molecule has 0 aliphatic carbocycles. The Morgan fingerprint density at radius 1 is 1.25 bits per heavy atom. The van der Waals surface area contributed by atoms with Crippen molar-refractivity contribution in [2.75, 3.05) is 27.9 Å². The Kier molecular flexibility index (Phi) is 9.43. The third-order valence-electron chi connectivity index (χ3n) is 1.91. The fourth-order valence-electron chi connectivity index (χ4n) is 1.00. The lowest BCUT2D eigenvalue weighted by Crippen LogP contribution is -2.39. The molecule has 0 N–H and O–H groups in total. The van der Waals surface area contributed by atoms with Gasteiger partial charge in [0.2, 0.25) is 0 Å². The second-order valence-corrected chi connectivity index (χ2v) is 4.38. The van der Waals surface area contributed by atoms with Crippen molar-refractivity contribution in [3.63, 3.8) is 0 Å². The lowest BCUT2D eigenvalue weighted by Gasteiger charge is -2.22. The van der Waals surface area contributed by atoms with Gasteiger partial charge in [0.1, 0.15) is 13.7 Å². The molecule has 0 spiro atoms. The lowest BCUT2D eigenvalue weighted by molar-refractivity contribution is 0.00549. The van der Waals surface area contributed by atoms with Gasteiger partial charge in [-0.3, -0.25) is 0 Å². The van der Waals surface area contributed by atoms with E-state index in [4.69, 9.17) is 4.74 Å². The molecule has 3 atom stereocenters. The van der Waals surface area contributed by atoms with Crippen LogP contribution in [0.5, 0.6) is 0 Å². The van der Waals surface area contributed by atoms with E-state index < -0.39 is 29.4 Å². The fraction of sp³-hybridized carbons (Fsp3) is 0.700. The van der Waals surface area contributed by atoms with E-state index in [1.54, 1.807) is 0 Å². The van der Waals surface area contributed by atoms with E-state index in [1.807, 2.05) is 0 Å². The van der Waals surface area contributed by atoms with Crippen LogP contribution in [-0.2, 0) is 23.8 Å². The van der Waals surface area contributed by atoms with Crippen molar-refractivity contribution in [2.45, 2.75) is 17.1 Å². The van der Waals surface area contributed by atoms with Gasteiger partial charge in [-0.15, -0.1) is 0 Å². The molecule has 0 aromatic heterocycles.